The third-order valence-electron chi connectivity index (χ3n) is 5.29. The molecule has 192 valence electrons. The summed E-state index contributed by atoms with van der Waals surface area (Å²) in [5, 5.41) is 0. The highest BCUT2D eigenvalue weighted by molar-refractivity contribution is 7.86. The SMILES string of the molecule is COc1ccncc1-c1cccnc1Oc1ccc(C(OS(=O)(=O)c2ccc(C)cc2)C(F)(F)F)cc1. The van der Waals surface area contributed by atoms with Crippen molar-refractivity contribution in [2.45, 2.75) is 24.1 Å². The van der Waals surface area contributed by atoms with Gasteiger partial charge in [0.05, 0.1) is 12.0 Å². The lowest BCUT2D eigenvalue weighted by Gasteiger charge is -2.21. The van der Waals surface area contributed by atoms with Crippen LogP contribution in [0.2, 0.25) is 0 Å². The van der Waals surface area contributed by atoms with E-state index in [1.165, 1.54) is 49.7 Å². The molecule has 1 unspecified atom stereocenters. The monoisotopic (exact) mass is 530 g/mol. The molecule has 0 spiro atoms. The summed E-state index contributed by atoms with van der Waals surface area (Å²) < 4.78 is 82.4. The lowest BCUT2D eigenvalue weighted by atomic mass is 10.1. The summed E-state index contributed by atoms with van der Waals surface area (Å²) in [5.74, 6) is 0.879. The summed E-state index contributed by atoms with van der Waals surface area (Å²) in [6.45, 7) is 1.72. The quantitative estimate of drug-likeness (QED) is 0.249. The highest BCUT2D eigenvalue weighted by Gasteiger charge is 2.45. The number of methoxy groups -OCH3 is 1. The van der Waals surface area contributed by atoms with Gasteiger partial charge < -0.3 is 9.47 Å². The first-order chi connectivity index (χ1) is 17.6. The van der Waals surface area contributed by atoms with Gasteiger partial charge in [0.1, 0.15) is 11.5 Å². The van der Waals surface area contributed by atoms with Crippen LogP contribution in [-0.2, 0) is 14.3 Å². The Hall–Kier alpha value is -3.96. The van der Waals surface area contributed by atoms with Crippen molar-refractivity contribution in [3.63, 3.8) is 0 Å². The van der Waals surface area contributed by atoms with Gasteiger partial charge in [-0.25, -0.2) is 9.17 Å². The molecule has 0 aliphatic heterocycles. The molecule has 4 rings (SSSR count). The Morgan fingerprint density at radius 1 is 0.892 bits per heavy atom. The number of pyridine rings is 2. The van der Waals surface area contributed by atoms with Gasteiger partial charge in [0.15, 0.2) is 6.10 Å². The Labute approximate surface area is 211 Å². The van der Waals surface area contributed by atoms with Gasteiger partial charge in [0.2, 0.25) is 5.88 Å². The van der Waals surface area contributed by atoms with Crippen molar-refractivity contribution in [3.8, 4) is 28.5 Å². The average molecular weight is 531 g/mol. The molecule has 0 saturated carbocycles. The number of benzene rings is 2. The van der Waals surface area contributed by atoms with Crippen LogP contribution in [0.4, 0.5) is 13.2 Å². The van der Waals surface area contributed by atoms with Gasteiger partial charge in [-0.3, -0.25) is 4.98 Å². The van der Waals surface area contributed by atoms with E-state index in [1.54, 1.807) is 37.5 Å². The van der Waals surface area contributed by atoms with Crippen molar-refractivity contribution in [1.82, 2.24) is 9.97 Å². The zero-order chi connectivity index (χ0) is 26.6. The molecule has 0 N–H and O–H groups in total. The molecule has 2 heterocycles. The Balaban J connectivity index is 1.60. The molecule has 2 aromatic carbocycles. The summed E-state index contributed by atoms with van der Waals surface area (Å²) >= 11 is 0. The number of ether oxygens (including phenoxy) is 2. The van der Waals surface area contributed by atoms with Crippen LogP contribution in [0.15, 0.2) is 90.2 Å². The maximum atomic E-state index is 13.8. The molecule has 0 radical (unpaired) electrons. The molecular weight excluding hydrogens is 509 g/mol. The minimum Gasteiger partial charge on any atom is -0.496 e. The Bertz CT molecular complexity index is 1480. The van der Waals surface area contributed by atoms with E-state index in [0.717, 1.165) is 17.7 Å². The van der Waals surface area contributed by atoms with E-state index in [9.17, 15) is 21.6 Å². The van der Waals surface area contributed by atoms with Crippen molar-refractivity contribution >= 4 is 10.1 Å². The van der Waals surface area contributed by atoms with E-state index in [4.69, 9.17) is 9.47 Å². The average Bonchev–Trinajstić information content (AvgIpc) is 2.88. The number of aryl methyl sites for hydroxylation is 1. The topological polar surface area (TPSA) is 87.6 Å². The minimum atomic E-state index is -4.99. The van der Waals surface area contributed by atoms with E-state index in [1.807, 2.05) is 0 Å². The van der Waals surface area contributed by atoms with Crippen LogP contribution in [0.5, 0.6) is 17.4 Å². The lowest BCUT2D eigenvalue weighted by molar-refractivity contribution is -0.196. The Kier molecular flexibility index (Phi) is 7.46. The van der Waals surface area contributed by atoms with E-state index in [2.05, 4.69) is 14.2 Å². The van der Waals surface area contributed by atoms with Crippen LogP contribution >= 0.6 is 0 Å². The Morgan fingerprint density at radius 2 is 1.59 bits per heavy atom. The van der Waals surface area contributed by atoms with Crippen LogP contribution in [0.1, 0.15) is 17.2 Å². The number of halogens is 3. The van der Waals surface area contributed by atoms with E-state index >= 15 is 0 Å². The minimum absolute atomic E-state index is 0.173. The van der Waals surface area contributed by atoms with Crippen LogP contribution in [0.3, 0.4) is 0 Å². The molecule has 37 heavy (non-hydrogen) atoms. The first-order valence-electron chi connectivity index (χ1n) is 10.9. The normalized spacial score (nSPS) is 12.7. The number of hydrogen-bond donors (Lipinski definition) is 0. The number of nitrogens with zero attached hydrogens (tertiary/aromatic N) is 2. The third kappa shape index (κ3) is 6.07. The second kappa shape index (κ2) is 10.6. The highest BCUT2D eigenvalue weighted by atomic mass is 32.2. The molecule has 0 aliphatic carbocycles. The van der Waals surface area contributed by atoms with Gasteiger partial charge in [-0.15, -0.1) is 0 Å². The predicted molar refractivity (Wildman–Crippen MR) is 129 cm³/mol. The van der Waals surface area contributed by atoms with Crippen LogP contribution < -0.4 is 9.47 Å². The number of aromatic nitrogens is 2. The van der Waals surface area contributed by atoms with Gasteiger partial charge in [0.25, 0.3) is 10.1 Å². The summed E-state index contributed by atoms with van der Waals surface area (Å²) in [4.78, 5) is 7.94. The van der Waals surface area contributed by atoms with E-state index < -0.39 is 28.0 Å². The molecule has 0 fully saturated rings. The first-order valence-corrected chi connectivity index (χ1v) is 12.3. The summed E-state index contributed by atoms with van der Waals surface area (Å²) in [6, 6.07) is 15.1. The summed E-state index contributed by atoms with van der Waals surface area (Å²) in [6.07, 6.45) is -3.07. The lowest BCUT2D eigenvalue weighted by Crippen LogP contribution is -2.26. The molecule has 11 heteroatoms. The van der Waals surface area contributed by atoms with Crippen molar-refractivity contribution < 1.29 is 35.2 Å². The van der Waals surface area contributed by atoms with Gasteiger partial charge >= 0.3 is 6.18 Å². The summed E-state index contributed by atoms with van der Waals surface area (Å²) in [5.41, 5.74) is 1.50. The molecular formula is C26H21F3N2O5S. The zero-order valence-corrected chi connectivity index (χ0v) is 20.5. The number of alkyl halides is 3. The molecule has 1 atom stereocenters. The molecule has 7 nitrogen and oxygen atoms in total. The summed E-state index contributed by atoms with van der Waals surface area (Å²) in [7, 11) is -3.18. The van der Waals surface area contributed by atoms with Crippen LogP contribution in [0.25, 0.3) is 11.1 Å². The molecule has 0 saturated heterocycles. The molecule has 0 amide bonds. The van der Waals surface area contributed by atoms with Crippen molar-refractivity contribution in [1.29, 1.82) is 0 Å². The largest absolute Gasteiger partial charge is 0.496 e. The second-order valence-electron chi connectivity index (χ2n) is 7.89. The predicted octanol–water partition coefficient (Wildman–Crippen LogP) is 6.26. The van der Waals surface area contributed by atoms with Crippen molar-refractivity contribution in [2.24, 2.45) is 0 Å². The zero-order valence-electron chi connectivity index (χ0n) is 19.6. The van der Waals surface area contributed by atoms with Gasteiger partial charge in [-0.05, 0) is 55.0 Å². The van der Waals surface area contributed by atoms with Gasteiger partial charge in [-0.1, -0.05) is 29.8 Å². The molecule has 0 aliphatic rings. The highest BCUT2D eigenvalue weighted by Crippen LogP contribution is 2.40. The smallest absolute Gasteiger partial charge is 0.420 e. The van der Waals surface area contributed by atoms with Gasteiger partial charge in [-0.2, -0.15) is 21.6 Å². The van der Waals surface area contributed by atoms with Gasteiger partial charge in [0, 0.05) is 29.7 Å². The van der Waals surface area contributed by atoms with Crippen molar-refractivity contribution in [2.75, 3.05) is 7.11 Å². The molecule has 4 aromatic rings. The van der Waals surface area contributed by atoms with Crippen LogP contribution in [0, 0.1) is 6.92 Å². The van der Waals surface area contributed by atoms with E-state index in [-0.39, 0.29) is 16.5 Å². The fraction of sp³-hybridized carbons (Fsp3) is 0.154. The van der Waals surface area contributed by atoms with E-state index in [0.29, 0.717) is 16.9 Å². The number of hydrogen-bond acceptors (Lipinski definition) is 7. The maximum absolute atomic E-state index is 13.8. The fourth-order valence-electron chi connectivity index (χ4n) is 3.45. The van der Waals surface area contributed by atoms with Crippen molar-refractivity contribution in [3.05, 3.63) is 96.4 Å². The van der Waals surface area contributed by atoms with Crippen LogP contribution in [-0.4, -0.2) is 31.7 Å². The third-order valence-corrected chi connectivity index (χ3v) is 6.58. The Morgan fingerprint density at radius 3 is 2.24 bits per heavy atom. The molecule has 2 aromatic heterocycles. The molecule has 0 bridgehead atoms. The fourth-order valence-corrected chi connectivity index (χ4v) is 4.50. The second-order valence-corrected chi connectivity index (χ2v) is 9.46. The first kappa shape index (κ1) is 26.1. The maximum Gasteiger partial charge on any atom is 0.420 e. The number of rotatable bonds is 8. The standard InChI is InChI=1S/C26H21F3N2O5S/c1-17-5-11-20(12-6-17)37(32,33)36-24(26(27,28)29)18-7-9-19(10-8-18)35-25-21(4-3-14-31-25)22-16-30-15-13-23(22)34-2/h3-16,24H,1-2H3.